The molecule has 0 heterocycles. The Morgan fingerprint density at radius 1 is 0.720 bits per heavy atom. The third-order valence-electron chi connectivity index (χ3n) is 9.70. The molecule has 9 rings (SSSR count). The first-order valence-electron chi connectivity index (χ1n) is 9.84. The highest BCUT2D eigenvalue weighted by molar-refractivity contribution is 5.66. The number of hydrogen-bond donors (Lipinski definition) is 1. The molecule has 25 heavy (non-hydrogen) atoms. The zero-order valence-corrected chi connectivity index (χ0v) is 13.9. The molecule has 6 fully saturated rings. The topological polar surface area (TPSA) is 20.2 Å². The summed E-state index contributed by atoms with van der Waals surface area (Å²) in [5.41, 5.74) is 5.03. The van der Waals surface area contributed by atoms with E-state index in [1.54, 1.807) is 5.56 Å². The molecule has 0 spiro atoms. The van der Waals surface area contributed by atoms with E-state index >= 15 is 0 Å². The van der Waals surface area contributed by atoms with E-state index < -0.39 is 0 Å². The van der Waals surface area contributed by atoms with Gasteiger partial charge in [0.25, 0.3) is 0 Å². The zero-order chi connectivity index (χ0) is 16.1. The molecule has 2 atom stereocenters. The molecule has 0 radical (unpaired) electrons. The van der Waals surface area contributed by atoms with Crippen LogP contribution < -0.4 is 0 Å². The van der Waals surface area contributed by atoms with Crippen LogP contribution in [0.25, 0.3) is 6.08 Å². The van der Waals surface area contributed by atoms with E-state index in [1.807, 2.05) is 0 Å². The second kappa shape index (κ2) is 3.38. The van der Waals surface area contributed by atoms with Gasteiger partial charge in [-0.3, -0.25) is 0 Å². The summed E-state index contributed by atoms with van der Waals surface area (Å²) in [6.07, 6.45) is 4.35. The maximum atomic E-state index is 11.2. The molecule has 0 amide bonds. The van der Waals surface area contributed by atoms with Crippen LogP contribution in [0.1, 0.15) is 22.8 Å². The number of benzene rings is 2. The first-order valence-corrected chi connectivity index (χ1v) is 9.84. The quantitative estimate of drug-likeness (QED) is 0.883. The van der Waals surface area contributed by atoms with Gasteiger partial charge in [-0.05, 0) is 57.6 Å². The Hall–Kier alpha value is -1.86. The molecule has 0 bridgehead atoms. The predicted molar refractivity (Wildman–Crippen MR) is 95.4 cm³/mol. The van der Waals surface area contributed by atoms with Gasteiger partial charge >= 0.3 is 0 Å². The van der Waals surface area contributed by atoms with Crippen molar-refractivity contribution in [3.05, 3.63) is 77.4 Å². The summed E-state index contributed by atoms with van der Waals surface area (Å²) in [5, 5.41) is 11.2. The predicted octanol–water partition coefficient (Wildman–Crippen LogP) is 4.05. The normalized spacial score (nSPS) is 56.4. The molecule has 2 aromatic carbocycles. The van der Waals surface area contributed by atoms with Crippen LogP contribution in [0.4, 0.5) is 0 Å². The maximum Gasteiger partial charge on any atom is 0.0864 e. The van der Waals surface area contributed by atoms with E-state index in [9.17, 15) is 5.11 Å². The van der Waals surface area contributed by atoms with Crippen molar-refractivity contribution < 1.29 is 5.11 Å². The van der Waals surface area contributed by atoms with Crippen LogP contribution in [0.5, 0.6) is 0 Å². The number of aliphatic hydroxyl groups is 1. The minimum atomic E-state index is -0.293. The van der Waals surface area contributed by atoms with Gasteiger partial charge in [-0.2, -0.15) is 0 Å². The molecule has 2 unspecified atom stereocenters. The van der Waals surface area contributed by atoms with Crippen LogP contribution >= 0.6 is 0 Å². The van der Waals surface area contributed by atoms with E-state index in [2.05, 4.69) is 66.7 Å². The lowest BCUT2D eigenvalue weighted by molar-refractivity contribution is -0.639. The Morgan fingerprint density at radius 2 is 1.36 bits per heavy atom. The number of aliphatic hydroxyl groups excluding tert-OH is 1. The highest BCUT2D eigenvalue weighted by Crippen LogP contribution is 3.11. The molecular formula is C24H20O. The first kappa shape index (κ1) is 12.5. The number of fused-ring (bicyclic) bond motifs is 1. The lowest BCUT2D eigenvalue weighted by Crippen LogP contribution is -3.12. The molecule has 1 N–H and O–H groups in total. The number of rotatable bonds is 2. The molecule has 122 valence electrons. The van der Waals surface area contributed by atoms with Crippen LogP contribution in [0.3, 0.4) is 0 Å². The molecule has 1 heteroatoms. The Bertz CT molecular complexity index is 933. The van der Waals surface area contributed by atoms with Gasteiger partial charge in [0, 0.05) is 11.3 Å². The van der Waals surface area contributed by atoms with E-state index in [1.165, 1.54) is 5.56 Å². The van der Waals surface area contributed by atoms with E-state index in [4.69, 9.17) is 0 Å². The second-order valence-electron chi connectivity index (χ2n) is 9.41. The lowest BCUT2D eigenvalue weighted by atomic mass is 8.91. The van der Waals surface area contributed by atoms with Crippen LogP contribution in [-0.2, 0) is 5.41 Å². The molecule has 0 aliphatic heterocycles. The van der Waals surface area contributed by atoms with Gasteiger partial charge in [-0.15, -0.1) is 0 Å². The second-order valence-corrected chi connectivity index (χ2v) is 9.41. The third kappa shape index (κ3) is 0.861. The molecule has 1 nitrogen and oxygen atoms in total. The standard InChI is InChI=1S/C24H20O/c25-22-14-9-5-4-6-12(14)10-11-15(22)24-19-16-20(24)18-21(24)17(19)23(16,18)13-7-2-1-3-8-13/h1-11,15-22,25H. The average molecular weight is 324 g/mol. The van der Waals surface area contributed by atoms with Crippen LogP contribution in [0.15, 0.2) is 60.7 Å². The van der Waals surface area contributed by atoms with Crippen molar-refractivity contribution in [3.8, 4) is 0 Å². The van der Waals surface area contributed by atoms with Crippen molar-refractivity contribution in [1.29, 1.82) is 0 Å². The van der Waals surface area contributed by atoms with Crippen LogP contribution in [0, 0.1) is 46.8 Å². The van der Waals surface area contributed by atoms with E-state index in [0.717, 1.165) is 41.1 Å². The summed E-state index contributed by atoms with van der Waals surface area (Å²) in [4.78, 5) is 0. The Balaban J connectivity index is 1.19. The minimum Gasteiger partial charge on any atom is -0.388 e. The van der Waals surface area contributed by atoms with Crippen LogP contribution in [-0.4, -0.2) is 5.11 Å². The van der Waals surface area contributed by atoms with Gasteiger partial charge < -0.3 is 5.11 Å². The van der Waals surface area contributed by atoms with E-state index in [0.29, 0.717) is 16.7 Å². The summed E-state index contributed by atoms with van der Waals surface area (Å²) in [6.45, 7) is 0. The lowest BCUT2D eigenvalue weighted by Gasteiger charge is -3.12. The van der Waals surface area contributed by atoms with Crippen molar-refractivity contribution in [2.24, 2.45) is 46.8 Å². The smallest absolute Gasteiger partial charge is 0.0864 e. The fourth-order valence-corrected chi connectivity index (χ4v) is 9.46. The summed E-state index contributed by atoms with van der Waals surface area (Å²) < 4.78 is 0. The molecule has 7 aliphatic carbocycles. The molecule has 0 saturated heterocycles. The fraction of sp³-hybridized carbons (Fsp3) is 0.417. The third-order valence-corrected chi connectivity index (χ3v) is 9.70. The fourth-order valence-electron chi connectivity index (χ4n) is 9.46. The summed E-state index contributed by atoms with van der Waals surface area (Å²) in [6, 6.07) is 19.7. The van der Waals surface area contributed by atoms with Gasteiger partial charge in [-0.1, -0.05) is 66.7 Å². The minimum absolute atomic E-state index is 0.293. The SMILES string of the molecule is OC1c2ccccc2C=CC1C12C3C4C1C1C2C3C41c1ccccc1. The van der Waals surface area contributed by atoms with Crippen LogP contribution in [0.2, 0.25) is 0 Å². The molecule has 2 aromatic rings. The Labute approximate surface area is 147 Å². The largest absolute Gasteiger partial charge is 0.388 e. The molecular weight excluding hydrogens is 304 g/mol. The number of hydrogen-bond acceptors (Lipinski definition) is 1. The Morgan fingerprint density at radius 3 is 2.08 bits per heavy atom. The molecule has 0 aromatic heterocycles. The summed E-state index contributed by atoms with van der Waals surface area (Å²) >= 11 is 0. The molecule has 7 aliphatic rings. The monoisotopic (exact) mass is 324 g/mol. The van der Waals surface area contributed by atoms with Gasteiger partial charge in [0.05, 0.1) is 6.10 Å². The first-order chi connectivity index (χ1) is 12.3. The highest BCUT2D eigenvalue weighted by atomic mass is 16.3. The zero-order valence-electron chi connectivity index (χ0n) is 13.9. The average Bonchev–Trinajstić information content (AvgIpc) is 2.69. The van der Waals surface area contributed by atoms with E-state index in [-0.39, 0.29) is 6.10 Å². The maximum absolute atomic E-state index is 11.2. The summed E-state index contributed by atoms with van der Waals surface area (Å²) in [7, 11) is 0. The van der Waals surface area contributed by atoms with Crippen molar-refractivity contribution in [2.75, 3.05) is 0 Å². The van der Waals surface area contributed by atoms with Crippen molar-refractivity contribution in [2.45, 2.75) is 11.5 Å². The highest BCUT2D eigenvalue weighted by Gasteiger charge is 3.10. The van der Waals surface area contributed by atoms with Gasteiger partial charge in [0.1, 0.15) is 0 Å². The van der Waals surface area contributed by atoms with Gasteiger partial charge in [-0.25, -0.2) is 0 Å². The van der Waals surface area contributed by atoms with Crippen molar-refractivity contribution in [1.82, 2.24) is 0 Å². The van der Waals surface area contributed by atoms with Gasteiger partial charge in [0.15, 0.2) is 0 Å². The van der Waals surface area contributed by atoms with Gasteiger partial charge in [0.2, 0.25) is 0 Å². The van der Waals surface area contributed by atoms with Crippen molar-refractivity contribution in [3.63, 3.8) is 0 Å². The Kier molecular flexibility index (Phi) is 1.69. The van der Waals surface area contributed by atoms with Crippen molar-refractivity contribution >= 4 is 6.08 Å². The summed E-state index contributed by atoms with van der Waals surface area (Å²) in [5.74, 6) is 5.89. The molecule has 6 saturated carbocycles.